The highest BCUT2D eigenvalue weighted by atomic mass is 19.2. The Hall–Kier alpha value is -3.01. The van der Waals surface area contributed by atoms with Crippen LogP contribution in [0.15, 0.2) is 24.8 Å². The quantitative estimate of drug-likeness (QED) is 0.314. The fourth-order valence-electron chi connectivity index (χ4n) is 2.17. The van der Waals surface area contributed by atoms with Crippen molar-refractivity contribution >= 4 is 5.76 Å². The van der Waals surface area contributed by atoms with Crippen LogP contribution in [0.25, 0.3) is 5.76 Å². The Bertz CT molecular complexity index is 888. The van der Waals surface area contributed by atoms with Gasteiger partial charge in [-0.05, 0) is 39.0 Å². The van der Waals surface area contributed by atoms with Gasteiger partial charge in [-0.1, -0.05) is 6.58 Å². The highest BCUT2D eigenvalue weighted by Gasteiger charge is 2.25. The molecular weight excluding hydrogens is 350 g/mol. The first-order valence-corrected chi connectivity index (χ1v) is 7.57. The van der Waals surface area contributed by atoms with E-state index in [1.54, 1.807) is 13.8 Å². The lowest BCUT2D eigenvalue weighted by atomic mass is 10.1. The molecule has 0 atom stereocenters. The van der Waals surface area contributed by atoms with Crippen molar-refractivity contribution in [3.8, 4) is 17.6 Å². The van der Waals surface area contributed by atoms with Crippen molar-refractivity contribution in [2.24, 2.45) is 0 Å². The maximum absolute atomic E-state index is 13.9. The van der Waals surface area contributed by atoms with Crippen LogP contribution in [0.2, 0.25) is 0 Å². The summed E-state index contributed by atoms with van der Waals surface area (Å²) in [6.45, 7) is 8.20. The van der Waals surface area contributed by atoms with Crippen LogP contribution in [0, 0.1) is 41.5 Å². The minimum absolute atomic E-state index is 0.158. The van der Waals surface area contributed by atoms with E-state index in [0.717, 1.165) is 6.92 Å². The van der Waals surface area contributed by atoms with E-state index in [1.807, 2.05) is 6.07 Å². The molecule has 26 heavy (non-hydrogen) atoms. The van der Waals surface area contributed by atoms with E-state index in [4.69, 9.17) is 9.47 Å². The Morgan fingerprint density at radius 3 is 2.27 bits per heavy atom. The average molecular weight is 365 g/mol. The lowest BCUT2D eigenvalue weighted by Gasteiger charge is -2.15. The largest absolute Gasteiger partial charge is 0.490 e. The number of hydrogen-bond donors (Lipinski definition) is 0. The van der Waals surface area contributed by atoms with Crippen LogP contribution >= 0.6 is 0 Å². The Kier molecular flexibility index (Phi) is 5.56. The lowest BCUT2D eigenvalue weighted by Crippen LogP contribution is -2.08. The van der Waals surface area contributed by atoms with E-state index in [-0.39, 0.29) is 23.0 Å². The molecule has 0 amide bonds. The van der Waals surface area contributed by atoms with Gasteiger partial charge in [-0.15, -0.1) is 0 Å². The fraction of sp³-hybridized carbons (Fsp3) is 0.211. The molecule has 0 spiro atoms. The average Bonchev–Trinajstić information content (AvgIpc) is 2.61. The summed E-state index contributed by atoms with van der Waals surface area (Å²) in [6.07, 6.45) is -0.158. The van der Waals surface area contributed by atoms with Crippen LogP contribution in [-0.4, -0.2) is 6.10 Å². The van der Waals surface area contributed by atoms with Crippen molar-refractivity contribution < 1.29 is 27.0 Å². The molecule has 0 fully saturated rings. The van der Waals surface area contributed by atoms with Gasteiger partial charge in [0.2, 0.25) is 11.6 Å². The SMILES string of the molecule is C=C(Oc1c(C)c(F)c(F)c(F)c1F)c1ccc(OC(C)C)c(C#N)c1. The first kappa shape index (κ1) is 19.3. The number of rotatable bonds is 5. The second kappa shape index (κ2) is 7.48. The molecule has 2 aromatic rings. The second-order valence-corrected chi connectivity index (χ2v) is 5.72. The van der Waals surface area contributed by atoms with Gasteiger partial charge in [0, 0.05) is 11.1 Å². The molecular formula is C19H15F4NO2. The maximum atomic E-state index is 13.9. The highest BCUT2D eigenvalue weighted by Crippen LogP contribution is 2.33. The lowest BCUT2D eigenvalue weighted by molar-refractivity contribution is 0.241. The van der Waals surface area contributed by atoms with Gasteiger partial charge in [-0.25, -0.2) is 13.2 Å². The topological polar surface area (TPSA) is 42.2 Å². The van der Waals surface area contributed by atoms with Crippen molar-refractivity contribution in [2.75, 3.05) is 0 Å². The number of hydrogen-bond acceptors (Lipinski definition) is 3. The summed E-state index contributed by atoms with van der Waals surface area (Å²) in [5, 5.41) is 9.22. The van der Waals surface area contributed by atoms with Gasteiger partial charge in [0.25, 0.3) is 0 Å². The summed E-state index contributed by atoms with van der Waals surface area (Å²) in [6, 6.07) is 6.31. The number of nitrogens with zero attached hydrogens (tertiary/aromatic N) is 1. The zero-order chi connectivity index (χ0) is 19.6. The van der Waals surface area contributed by atoms with Gasteiger partial charge < -0.3 is 9.47 Å². The first-order chi connectivity index (χ1) is 12.2. The van der Waals surface area contributed by atoms with E-state index < -0.39 is 34.6 Å². The Labute approximate surface area is 148 Å². The Morgan fingerprint density at radius 1 is 1.08 bits per heavy atom. The molecule has 0 radical (unpaired) electrons. The smallest absolute Gasteiger partial charge is 0.204 e. The number of halogens is 4. The second-order valence-electron chi connectivity index (χ2n) is 5.72. The van der Waals surface area contributed by atoms with Crippen molar-refractivity contribution in [1.82, 2.24) is 0 Å². The van der Waals surface area contributed by atoms with Gasteiger partial charge in [0.05, 0.1) is 11.7 Å². The monoisotopic (exact) mass is 365 g/mol. The highest BCUT2D eigenvalue weighted by molar-refractivity contribution is 5.64. The Morgan fingerprint density at radius 2 is 1.69 bits per heavy atom. The minimum Gasteiger partial charge on any atom is -0.490 e. The van der Waals surface area contributed by atoms with E-state index in [9.17, 15) is 22.8 Å². The molecule has 0 aliphatic heterocycles. The third kappa shape index (κ3) is 3.64. The van der Waals surface area contributed by atoms with Crippen molar-refractivity contribution in [3.63, 3.8) is 0 Å². The number of benzene rings is 2. The fourth-order valence-corrected chi connectivity index (χ4v) is 2.17. The summed E-state index contributed by atoms with van der Waals surface area (Å²) >= 11 is 0. The van der Waals surface area contributed by atoms with Gasteiger partial charge >= 0.3 is 0 Å². The third-order valence-electron chi connectivity index (χ3n) is 3.46. The zero-order valence-corrected chi connectivity index (χ0v) is 14.3. The van der Waals surface area contributed by atoms with Crippen molar-refractivity contribution in [3.05, 3.63) is 64.7 Å². The predicted octanol–water partition coefficient (Wildman–Crippen LogP) is 5.26. The summed E-state index contributed by atoms with van der Waals surface area (Å²) in [5.41, 5.74) is -0.0981. The zero-order valence-electron chi connectivity index (χ0n) is 14.3. The first-order valence-electron chi connectivity index (χ1n) is 7.57. The third-order valence-corrected chi connectivity index (χ3v) is 3.46. The summed E-state index contributed by atoms with van der Waals surface area (Å²) in [5.74, 6) is -7.76. The van der Waals surface area contributed by atoms with E-state index in [0.29, 0.717) is 5.75 Å². The molecule has 0 saturated heterocycles. The molecule has 0 bridgehead atoms. The van der Waals surface area contributed by atoms with E-state index in [1.165, 1.54) is 18.2 Å². The van der Waals surface area contributed by atoms with Crippen LogP contribution in [0.4, 0.5) is 17.6 Å². The van der Waals surface area contributed by atoms with E-state index in [2.05, 4.69) is 6.58 Å². The molecule has 0 heterocycles. The van der Waals surface area contributed by atoms with Crippen molar-refractivity contribution in [2.45, 2.75) is 26.9 Å². The predicted molar refractivity (Wildman–Crippen MR) is 87.6 cm³/mol. The standard InChI is InChI=1S/C19H15F4NO2/c1-9(2)25-14-6-5-12(7-13(14)8-24)11(4)26-19-10(3)15(20)16(21)17(22)18(19)23/h5-7,9H,4H2,1-3H3. The van der Waals surface area contributed by atoms with Gasteiger partial charge in [-0.3, -0.25) is 0 Å². The molecule has 136 valence electrons. The molecule has 3 nitrogen and oxygen atoms in total. The molecule has 0 aliphatic rings. The molecule has 7 heteroatoms. The minimum atomic E-state index is -1.98. The van der Waals surface area contributed by atoms with Crippen LogP contribution in [-0.2, 0) is 0 Å². The molecule has 0 saturated carbocycles. The van der Waals surface area contributed by atoms with Crippen LogP contribution in [0.1, 0.15) is 30.5 Å². The molecule has 0 aliphatic carbocycles. The van der Waals surface area contributed by atoms with Gasteiger partial charge in [0.1, 0.15) is 17.6 Å². The van der Waals surface area contributed by atoms with Crippen LogP contribution in [0.5, 0.6) is 11.5 Å². The number of ether oxygens (including phenoxy) is 2. The molecule has 2 aromatic carbocycles. The Balaban J connectivity index is 2.39. The molecule has 0 unspecified atom stereocenters. The van der Waals surface area contributed by atoms with Crippen LogP contribution < -0.4 is 9.47 Å². The molecule has 0 aromatic heterocycles. The summed E-state index contributed by atoms with van der Waals surface area (Å²) < 4.78 is 64.8. The molecule has 2 rings (SSSR count). The van der Waals surface area contributed by atoms with E-state index >= 15 is 0 Å². The summed E-state index contributed by atoms with van der Waals surface area (Å²) in [4.78, 5) is 0. The van der Waals surface area contributed by atoms with Gasteiger partial charge in [-0.2, -0.15) is 9.65 Å². The summed E-state index contributed by atoms with van der Waals surface area (Å²) in [7, 11) is 0. The normalized spacial score (nSPS) is 10.6. The maximum Gasteiger partial charge on any atom is 0.204 e. The van der Waals surface area contributed by atoms with Gasteiger partial charge in [0.15, 0.2) is 17.4 Å². The molecule has 0 N–H and O–H groups in total. The van der Waals surface area contributed by atoms with Crippen molar-refractivity contribution in [1.29, 1.82) is 5.26 Å². The van der Waals surface area contributed by atoms with Crippen LogP contribution in [0.3, 0.4) is 0 Å². The number of nitriles is 1.